The standard InChI is InChI=1S/C64H107N5O46/c1-15(78)65-29-41(90)49(25(11-75)100-56(29)98)109-59-32(68-18(4)81)42(91)51(27(13-77)106-59)111-62-48(97)53(113-64-55(46(95)38(87)24(10-74)105-64)115-58-31(67-17(3)80)40(89)35(84)21(7-71)102-58)52(112-57-30(66-16(2)79)39(88)34(83)20(6-70)101-57)28(108-62)14-99-63-54(45(94)37(86)23(9-73)104-63)114-60-33(69-19(5)82)43(92)50(26(12-76)107-60)110-61-47(96)44(93)36(85)22(8-72)103-61/h20-64,70-77,83-98H,6-14H2,1-5H3,(H,65,78)(H,66,79)(H,67,80)(H,68,81)(H,69,82)/t20-,21-,22-,23-,24-,25-,26-,27-,28-,29-,30-,31-,32-,33-,34-,35-,36+,37-,38-,39-,40-,41-,42-,43-,44+,45+,46+,47-,48+,49-,50-,51-,52-,53-,54+,55+,56-,57+,58+,59+,60?,61+,62+,63+,64-/m1/s1. The van der Waals surface area contributed by atoms with Gasteiger partial charge in [-0.25, -0.2) is 0 Å². The fourth-order valence-corrected chi connectivity index (χ4v) is 14.9. The van der Waals surface area contributed by atoms with Crippen molar-refractivity contribution in [2.45, 2.75) is 311 Å². The van der Waals surface area contributed by atoms with Crippen LogP contribution in [0.25, 0.3) is 0 Å². The van der Waals surface area contributed by atoms with Crippen molar-refractivity contribution in [2.24, 2.45) is 0 Å². The Kier molecular flexibility index (Phi) is 34.1. The Hall–Kier alpha value is -4.29. The molecular weight excluding hydrogens is 1570 g/mol. The van der Waals surface area contributed by atoms with Crippen molar-refractivity contribution in [3.63, 3.8) is 0 Å². The van der Waals surface area contributed by atoms with Crippen LogP contribution in [-0.2, 0) is 104 Å². The summed E-state index contributed by atoms with van der Waals surface area (Å²) in [5.41, 5.74) is 0. The molecule has 9 aliphatic rings. The summed E-state index contributed by atoms with van der Waals surface area (Å²) < 4.78 is 103. The molecule has 0 aromatic heterocycles. The van der Waals surface area contributed by atoms with Gasteiger partial charge in [-0.05, 0) is 0 Å². The van der Waals surface area contributed by atoms with E-state index in [0.29, 0.717) is 0 Å². The molecule has 9 heterocycles. The monoisotopic (exact) mass is 1680 g/mol. The van der Waals surface area contributed by atoms with Crippen LogP contribution in [-0.4, -0.2) is 488 Å². The van der Waals surface area contributed by atoms with Crippen molar-refractivity contribution in [3.05, 3.63) is 0 Å². The lowest BCUT2D eigenvalue weighted by molar-refractivity contribution is -0.407. The summed E-state index contributed by atoms with van der Waals surface area (Å²) in [5, 5.41) is 281. The fourth-order valence-electron chi connectivity index (χ4n) is 14.9. The lowest BCUT2D eigenvalue weighted by Gasteiger charge is -2.52. The molecule has 1 unspecified atom stereocenters. The lowest BCUT2D eigenvalue weighted by atomic mass is 9.93. The molecule has 115 heavy (non-hydrogen) atoms. The average molecular weight is 1680 g/mol. The quantitative estimate of drug-likeness (QED) is 0.0318. The third-order valence-corrected chi connectivity index (χ3v) is 20.8. The second kappa shape index (κ2) is 41.5. The molecule has 51 heteroatoms. The Morgan fingerprint density at radius 2 is 0.478 bits per heavy atom. The first-order chi connectivity index (χ1) is 54.4. The van der Waals surface area contributed by atoms with Gasteiger partial charge in [0.1, 0.15) is 219 Å². The van der Waals surface area contributed by atoms with Gasteiger partial charge in [0.05, 0.1) is 59.5 Å². The number of hydrogen-bond donors (Lipinski definition) is 29. The maximum atomic E-state index is 13.2. The van der Waals surface area contributed by atoms with Gasteiger partial charge in [0.25, 0.3) is 0 Å². The van der Waals surface area contributed by atoms with Crippen LogP contribution >= 0.6 is 0 Å². The third kappa shape index (κ3) is 21.3. The van der Waals surface area contributed by atoms with E-state index in [1.807, 2.05) is 0 Å². The largest absolute Gasteiger partial charge is 0.394 e. The predicted octanol–water partition coefficient (Wildman–Crippen LogP) is -19.9. The molecule has 51 nitrogen and oxygen atoms in total. The number of rotatable bonds is 30. The van der Waals surface area contributed by atoms with Crippen molar-refractivity contribution < 1.29 is 227 Å². The molecule has 9 fully saturated rings. The fraction of sp³-hybridized carbons (Fsp3) is 0.922. The highest BCUT2D eigenvalue weighted by Crippen LogP contribution is 2.41. The average Bonchev–Trinajstić information content (AvgIpc) is 0.761. The summed E-state index contributed by atoms with van der Waals surface area (Å²) in [6, 6.07) is -9.48. The van der Waals surface area contributed by atoms with Gasteiger partial charge >= 0.3 is 0 Å². The van der Waals surface area contributed by atoms with Gasteiger partial charge in [-0.15, -0.1) is 0 Å². The molecule has 0 spiro atoms. The van der Waals surface area contributed by atoms with E-state index in [0.717, 1.165) is 34.6 Å². The van der Waals surface area contributed by atoms with E-state index in [4.69, 9.17) is 80.5 Å². The zero-order valence-electron chi connectivity index (χ0n) is 62.1. The van der Waals surface area contributed by atoms with Crippen molar-refractivity contribution in [1.82, 2.24) is 26.6 Å². The van der Waals surface area contributed by atoms with E-state index < -0.39 is 365 Å². The number of nitrogens with one attached hydrogen (secondary N) is 5. The Bertz CT molecular complexity index is 3100. The SMILES string of the molecule is CC(=O)N[C@@H]1[C@@H](O)[C@H](O[C@@H]2O[C@H](CO)[C@@H](O[C@@H]3O[C@H](CO[C@H]4O[C@H](CO)[C@@H](O)[C@H](O)[C@@H]4OC4O[C@H](CO)[C@@H](O[C@@H]5O[C@H](CO)[C@H](O)[C@H](O)[C@H]5O)[C@H](O)[C@H]4NC(C)=O)[C@@H](O[C@@H]4O[C@H](CO)[C@@H](O)[C@H](O)[C@H]4NC(C)=O)[C@H](O[C@H]4O[C@H](CO)[C@@H](O)[C@H](O)[C@@H]4O[C@@H]4O[C@H](CO)[C@@H](O)[C@H](O)[C@H]4NC(C)=O)[C@@H]3O)[C@H](O)[C@H]2NC(C)=O)[C@@H](CO)O[C@H]1O. The molecule has 0 saturated carbocycles. The minimum Gasteiger partial charge on any atom is -0.394 e. The number of ether oxygens (including phenoxy) is 17. The minimum atomic E-state index is -2.70. The van der Waals surface area contributed by atoms with Gasteiger partial charge in [0.15, 0.2) is 56.6 Å². The number of carbonyl (C=O) groups excluding carboxylic acids is 5. The van der Waals surface area contributed by atoms with Gasteiger partial charge < -0.3 is 230 Å². The van der Waals surface area contributed by atoms with E-state index in [-0.39, 0.29) is 0 Å². The van der Waals surface area contributed by atoms with Crippen LogP contribution < -0.4 is 26.6 Å². The summed E-state index contributed by atoms with van der Waals surface area (Å²) in [7, 11) is 0. The normalized spacial score (nSPS) is 47.9. The van der Waals surface area contributed by atoms with Crippen molar-refractivity contribution in [2.75, 3.05) is 59.5 Å². The second-order valence-electron chi connectivity index (χ2n) is 28.9. The molecule has 0 aromatic carbocycles. The minimum absolute atomic E-state index is 0.805. The van der Waals surface area contributed by atoms with E-state index in [1.54, 1.807) is 0 Å². The molecular formula is C64H107N5O46. The number of aliphatic hydroxyl groups excluding tert-OH is 24. The van der Waals surface area contributed by atoms with Crippen molar-refractivity contribution in [1.29, 1.82) is 0 Å². The van der Waals surface area contributed by atoms with E-state index in [2.05, 4.69) is 26.6 Å². The number of carbonyl (C=O) groups is 5. The summed E-state index contributed by atoms with van der Waals surface area (Å²) in [6.45, 7) is -5.56. The molecule has 29 N–H and O–H groups in total. The molecule has 9 saturated heterocycles. The summed E-state index contributed by atoms with van der Waals surface area (Å²) in [5.74, 6) is -4.63. The predicted molar refractivity (Wildman–Crippen MR) is 355 cm³/mol. The van der Waals surface area contributed by atoms with Gasteiger partial charge in [0.2, 0.25) is 29.5 Å². The van der Waals surface area contributed by atoms with E-state index in [9.17, 15) is 147 Å². The maximum Gasteiger partial charge on any atom is 0.217 e. The van der Waals surface area contributed by atoms with Gasteiger partial charge in [-0.1, -0.05) is 0 Å². The van der Waals surface area contributed by atoms with Crippen LogP contribution in [0.2, 0.25) is 0 Å². The van der Waals surface area contributed by atoms with Crippen LogP contribution in [0.15, 0.2) is 0 Å². The van der Waals surface area contributed by atoms with Gasteiger partial charge in [-0.3, -0.25) is 24.0 Å². The second-order valence-corrected chi connectivity index (χ2v) is 28.9. The molecule has 0 radical (unpaired) electrons. The number of aliphatic hydroxyl groups is 24. The van der Waals surface area contributed by atoms with E-state index >= 15 is 0 Å². The summed E-state index contributed by atoms with van der Waals surface area (Å²) >= 11 is 0. The zero-order valence-corrected chi connectivity index (χ0v) is 62.1. The zero-order chi connectivity index (χ0) is 84.8. The van der Waals surface area contributed by atoms with Crippen LogP contribution in [0, 0.1) is 0 Å². The highest BCUT2D eigenvalue weighted by atomic mass is 16.8. The van der Waals surface area contributed by atoms with Crippen molar-refractivity contribution in [3.8, 4) is 0 Å². The Morgan fingerprint density at radius 3 is 0.861 bits per heavy atom. The number of hydrogen-bond acceptors (Lipinski definition) is 46. The molecule has 9 aliphatic heterocycles. The van der Waals surface area contributed by atoms with Gasteiger partial charge in [0, 0.05) is 34.6 Å². The topological polar surface area (TPSA) is 788 Å². The highest BCUT2D eigenvalue weighted by molar-refractivity contribution is 5.75. The van der Waals surface area contributed by atoms with Crippen LogP contribution in [0.4, 0.5) is 0 Å². The Balaban J connectivity index is 1.16. The van der Waals surface area contributed by atoms with Crippen molar-refractivity contribution >= 4 is 29.5 Å². The van der Waals surface area contributed by atoms with Crippen LogP contribution in [0.1, 0.15) is 34.6 Å². The molecule has 664 valence electrons. The van der Waals surface area contributed by atoms with Gasteiger partial charge in [-0.2, -0.15) is 0 Å². The molecule has 0 aliphatic carbocycles. The third-order valence-electron chi connectivity index (χ3n) is 20.8. The first kappa shape index (κ1) is 94.6. The molecule has 0 bridgehead atoms. The van der Waals surface area contributed by atoms with E-state index in [1.165, 1.54) is 0 Å². The Morgan fingerprint density at radius 1 is 0.226 bits per heavy atom. The van der Waals surface area contributed by atoms with Crippen LogP contribution in [0.3, 0.4) is 0 Å². The summed E-state index contributed by atoms with van der Waals surface area (Å²) in [6.07, 6.45) is -85.6. The molecule has 45 atom stereocenters. The van der Waals surface area contributed by atoms with Crippen LogP contribution in [0.5, 0.6) is 0 Å². The smallest absolute Gasteiger partial charge is 0.217 e. The number of amides is 5. The first-order valence-corrected chi connectivity index (χ1v) is 36.6. The molecule has 9 rings (SSSR count). The molecule has 5 amide bonds. The Labute approximate surface area is 651 Å². The summed E-state index contributed by atoms with van der Waals surface area (Å²) in [4.78, 5) is 64.1. The lowest BCUT2D eigenvalue weighted by Crippen LogP contribution is -2.71. The first-order valence-electron chi connectivity index (χ1n) is 36.6. The maximum absolute atomic E-state index is 13.2. The molecule has 0 aromatic rings. The highest BCUT2D eigenvalue weighted by Gasteiger charge is 2.62.